The molecule has 0 bridgehead atoms. The molecule has 1 heterocycles. The monoisotopic (exact) mass is 478 g/mol. The molecule has 2 aromatic carbocycles. The summed E-state index contributed by atoms with van der Waals surface area (Å²) < 4.78 is 2.53. The molecule has 140 valence electrons. The largest absolute Gasteiger partial charge is 0.373 e. The van der Waals surface area contributed by atoms with E-state index < -0.39 is 11.6 Å². The zero-order valence-corrected chi connectivity index (χ0v) is 17.4. The number of aromatic nitrogens is 2. The fourth-order valence-electron chi connectivity index (χ4n) is 2.40. The summed E-state index contributed by atoms with van der Waals surface area (Å²) >= 11 is 2.17. The van der Waals surface area contributed by atoms with Crippen LogP contribution in [0.4, 0.5) is 0 Å². The summed E-state index contributed by atoms with van der Waals surface area (Å²) in [5, 5.41) is 0.587. The van der Waals surface area contributed by atoms with Gasteiger partial charge in [-0.1, -0.05) is 12.1 Å². The second-order valence-electron chi connectivity index (χ2n) is 7.10. The molecule has 0 N–H and O–H groups in total. The Morgan fingerprint density at radius 3 is 2.52 bits per heavy atom. The highest BCUT2D eigenvalue weighted by molar-refractivity contribution is 14.1. The van der Waals surface area contributed by atoms with Crippen LogP contribution in [0.3, 0.4) is 0 Å². The lowest BCUT2D eigenvalue weighted by Gasteiger charge is -2.16. The number of benzene rings is 2. The molecule has 3 aromatic rings. The Hall–Kier alpha value is -2.26. The first-order chi connectivity index (χ1) is 12.7. The Kier molecular flexibility index (Phi) is 5.61. The number of hydrogen-bond acceptors (Lipinski definition) is 5. The van der Waals surface area contributed by atoms with Crippen LogP contribution in [0.1, 0.15) is 36.7 Å². The molecular formula is C20H19IN2O4. The van der Waals surface area contributed by atoms with Crippen molar-refractivity contribution < 1.29 is 14.6 Å². The van der Waals surface area contributed by atoms with Crippen molar-refractivity contribution in [3.63, 3.8) is 0 Å². The summed E-state index contributed by atoms with van der Waals surface area (Å²) in [5.41, 5.74) is 1.25. The van der Waals surface area contributed by atoms with Crippen LogP contribution >= 0.6 is 22.6 Å². The van der Waals surface area contributed by atoms with E-state index in [4.69, 9.17) is 9.78 Å². The number of fused-ring (bicyclic) bond motifs is 1. The Morgan fingerprint density at radius 2 is 1.85 bits per heavy atom. The van der Waals surface area contributed by atoms with E-state index in [0.717, 1.165) is 9.13 Å². The summed E-state index contributed by atoms with van der Waals surface area (Å²) in [6.07, 6.45) is 1.54. The van der Waals surface area contributed by atoms with Crippen molar-refractivity contribution in [3.05, 3.63) is 73.8 Å². The lowest BCUT2D eigenvalue weighted by Crippen LogP contribution is -2.22. The minimum absolute atomic E-state index is 0.0967. The van der Waals surface area contributed by atoms with Gasteiger partial charge in [0.25, 0.3) is 5.56 Å². The molecule has 0 unspecified atom stereocenters. The Labute approximate surface area is 170 Å². The molecule has 0 radical (unpaired) electrons. The minimum atomic E-state index is -0.572. The van der Waals surface area contributed by atoms with Gasteiger partial charge >= 0.3 is 5.97 Å². The SMILES string of the molecule is CC(C)(C)OOC(=O)c1ccc(Cn2cnc3ccc(I)cc3c2=O)cc1. The maximum Gasteiger partial charge on any atom is 0.373 e. The van der Waals surface area contributed by atoms with E-state index in [2.05, 4.69) is 27.6 Å². The molecule has 0 saturated carbocycles. The standard InChI is InChI=1S/C20H19IN2O4/c1-20(2,3)27-26-19(25)14-6-4-13(5-7-14)11-23-12-22-17-9-8-15(21)10-16(17)18(23)24/h4-10,12H,11H2,1-3H3. The van der Waals surface area contributed by atoms with Gasteiger partial charge in [0.15, 0.2) is 0 Å². The average Bonchev–Trinajstić information content (AvgIpc) is 2.62. The van der Waals surface area contributed by atoms with Crippen molar-refractivity contribution >= 4 is 39.5 Å². The summed E-state index contributed by atoms with van der Waals surface area (Å²) in [6, 6.07) is 12.4. The Morgan fingerprint density at radius 1 is 1.15 bits per heavy atom. The molecule has 6 nitrogen and oxygen atoms in total. The van der Waals surface area contributed by atoms with Crippen LogP contribution in [-0.2, 0) is 16.3 Å². The van der Waals surface area contributed by atoms with Crippen LogP contribution in [0.5, 0.6) is 0 Å². The number of halogens is 1. The van der Waals surface area contributed by atoms with Crippen molar-refractivity contribution in [1.29, 1.82) is 0 Å². The Balaban J connectivity index is 1.77. The molecule has 0 aliphatic rings. The molecular weight excluding hydrogens is 459 g/mol. The summed E-state index contributed by atoms with van der Waals surface area (Å²) in [7, 11) is 0. The molecule has 27 heavy (non-hydrogen) atoms. The number of hydrogen-bond donors (Lipinski definition) is 0. The highest BCUT2D eigenvalue weighted by Crippen LogP contribution is 2.14. The second-order valence-corrected chi connectivity index (χ2v) is 8.35. The van der Waals surface area contributed by atoms with Crippen molar-refractivity contribution in [2.45, 2.75) is 32.9 Å². The molecule has 0 fully saturated rings. The molecule has 7 heteroatoms. The zero-order valence-electron chi connectivity index (χ0n) is 15.2. The second kappa shape index (κ2) is 7.77. The summed E-state index contributed by atoms with van der Waals surface area (Å²) in [4.78, 5) is 38.8. The number of rotatable bonds is 4. The molecule has 0 atom stereocenters. The van der Waals surface area contributed by atoms with Gasteiger partial charge in [-0.15, -0.1) is 0 Å². The Bertz CT molecular complexity index is 1040. The summed E-state index contributed by atoms with van der Waals surface area (Å²) in [5.74, 6) is -0.560. The fraction of sp³-hybridized carbons (Fsp3) is 0.250. The van der Waals surface area contributed by atoms with Crippen molar-refractivity contribution in [2.24, 2.45) is 0 Å². The van der Waals surface area contributed by atoms with Gasteiger partial charge in [0.1, 0.15) is 5.60 Å². The number of carbonyl (C=O) groups excluding carboxylic acids is 1. The van der Waals surface area contributed by atoms with Crippen LogP contribution in [0.25, 0.3) is 10.9 Å². The number of nitrogens with zero attached hydrogens (tertiary/aromatic N) is 2. The van der Waals surface area contributed by atoms with Gasteiger partial charge in [0.05, 0.1) is 29.3 Å². The molecule has 0 amide bonds. The highest BCUT2D eigenvalue weighted by atomic mass is 127. The van der Waals surface area contributed by atoms with E-state index >= 15 is 0 Å². The van der Waals surface area contributed by atoms with Crippen molar-refractivity contribution in [1.82, 2.24) is 9.55 Å². The molecule has 0 aliphatic carbocycles. The first kappa shape index (κ1) is 19.5. The van der Waals surface area contributed by atoms with E-state index in [9.17, 15) is 9.59 Å². The lowest BCUT2D eigenvalue weighted by molar-refractivity contribution is -0.301. The van der Waals surface area contributed by atoms with E-state index in [0.29, 0.717) is 23.0 Å². The minimum Gasteiger partial charge on any atom is -0.294 e. The van der Waals surface area contributed by atoms with Gasteiger partial charge in [-0.25, -0.2) is 9.78 Å². The predicted octanol–water partition coefficient (Wildman–Crippen LogP) is 3.94. The van der Waals surface area contributed by atoms with Gasteiger partial charge in [0.2, 0.25) is 0 Å². The van der Waals surface area contributed by atoms with Crippen molar-refractivity contribution in [2.75, 3.05) is 0 Å². The molecule has 1 aromatic heterocycles. The maximum absolute atomic E-state index is 12.7. The van der Waals surface area contributed by atoms with Gasteiger partial charge in [-0.3, -0.25) is 14.2 Å². The quantitative estimate of drug-likeness (QED) is 0.323. The fourth-order valence-corrected chi connectivity index (χ4v) is 2.89. The predicted molar refractivity (Wildman–Crippen MR) is 111 cm³/mol. The van der Waals surface area contributed by atoms with Gasteiger partial charge in [0, 0.05) is 3.57 Å². The van der Waals surface area contributed by atoms with Crippen LogP contribution in [0, 0.1) is 3.57 Å². The first-order valence-corrected chi connectivity index (χ1v) is 9.44. The van der Waals surface area contributed by atoms with Crippen LogP contribution in [-0.4, -0.2) is 21.1 Å². The van der Waals surface area contributed by atoms with Gasteiger partial charge in [-0.05, 0) is 79.3 Å². The lowest BCUT2D eigenvalue weighted by atomic mass is 10.1. The van der Waals surface area contributed by atoms with Gasteiger partial charge in [-0.2, -0.15) is 4.89 Å². The van der Waals surface area contributed by atoms with E-state index in [-0.39, 0.29) is 5.56 Å². The van der Waals surface area contributed by atoms with Gasteiger partial charge < -0.3 is 0 Å². The van der Waals surface area contributed by atoms with E-state index in [1.165, 1.54) is 6.33 Å². The normalized spacial score (nSPS) is 11.6. The van der Waals surface area contributed by atoms with Crippen LogP contribution in [0.15, 0.2) is 53.6 Å². The number of carbonyl (C=O) groups is 1. The average molecular weight is 478 g/mol. The molecule has 0 saturated heterocycles. The smallest absolute Gasteiger partial charge is 0.294 e. The first-order valence-electron chi connectivity index (χ1n) is 8.36. The third kappa shape index (κ3) is 4.92. The van der Waals surface area contributed by atoms with Crippen LogP contribution < -0.4 is 5.56 Å². The topological polar surface area (TPSA) is 70.4 Å². The van der Waals surface area contributed by atoms with Crippen LogP contribution in [0.2, 0.25) is 0 Å². The molecule has 3 rings (SSSR count). The van der Waals surface area contributed by atoms with E-state index in [1.807, 2.05) is 18.2 Å². The van der Waals surface area contributed by atoms with Crippen molar-refractivity contribution in [3.8, 4) is 0 Å². The molecule has 0 spiro atoms. The maximum atomic E-state index is 12.7. The molecule has 0 aliphatic heterocycles. The highest BCUT2D eigenvalue weighted by Gasteiger charge is 2.16. The summed E-state index contributed by atoms with van der Waals surface area (Å²) in [6.45, 7) is 5.74. The van der Waals surface area contributed by atoms with E-state index in [1.54, 1.807) is 49.6 Å². The third-order valence-electron chi connectivity index (χ3n) is 3.70. The third-order valence-corrected chi connectivity index (χ3v) is 4.37. The zero-order chi connectivity index (χ0) is 19.6.